The molecule has 0 spiro atoms. The number of aliphatic hydroxyl groups is 3. The van der Waals surface area contributed by atoms with E-state index in [2.05, 4.69) is 0 Å². The number of esters is 2. The van der Waals surface area contributed by atoms with Crippen molar-refractivity contribution in [3.05, 3.63) is 0 Å². The highest BCUT2D eigenvalue weighted by Gasteiger charge is 2.21. The molecule has 5 atom stereocenters. The van der Waals surface area contributed by atoms with Crippen LogP contribution in [0.3, 0.4) is 0 Å². The summed E-state index contributed by atoms with van der Waals surface area (Å²) >= 11 is 0. The molecule has 0 rings (SSSR count). The number of carbonyl (C=O) groups excluding carboxylic acids is 2. The van der Waals surface area contributed by atoms with Gasteiger partial charge in [0.15, 0.2) is 0 Å². The van der Waals surface area contributed by atoms with Gasteiger partial charge >= 0.3 is 11.9 Å². The molecule has 5 unspecified atom stereocenters. The van der Waals surface area contributed by atoms with E-state index >= 15 is 0 Å². The van der Waals surface area contributed by atoms with Crippen LogP contribution in [0, 0.1) is 0 Å². The zero-order valence-corrected chi connectivity index (χ0v) is 14.4. The smallest absolute Gasteiger partial charge is 0.302 e. The first kappa shape index (κ1) is 21.8. The summed E-state index contributed by atoms with van der Waals surface area (Å²) in [5, 5.41) is 29.7. The van der Waals surface area contributed by atoms with Crippen LogP contribution in [0.25, 0.3) is 0 Å². The van der Waals surface area contributed by atoms with Gasteiger partial charge in [-0.05, 0) is 26.2 Å². The topological polar surface area (TPSA) is 113 Å². The summed E-state index contributed by atoms with van der Waals surface area (Å²) in [7, 11) is 0. The molecule has 0 aliphatic carbocycles. The molecule has 0 aromatic heterocycles. The summed E-state index contributed by atoms with van der Waals surface area (Å²) in [5.74, 6) is -0.823. The third kappa shape index (κ3) is 12.0. The van der Waals surface area contributed by atoms with Crippen LogP contribution >= 0.6 is 0 Å². The van der Waals surface area contributed by atoms with Gasteiger partial charge in [-0.1, -0.05) is 6.92 Å². The van der Waals surface area contributed by atoms with Crippen LogP contribution in [-0.2, 0) is 19.1 Å². The van der Waals surface area contributed by atoms with Gasteiger partial charge in [0.05, 0.1) is 18.3 Å². The summed E-state index contributed by atoms with van der Waals surface area (Å²) < 4.78 is 9.95. The van der Waals surface area contributed by atoms with E-state index in [1.54, 1.807) is 6.92 Å². The Balaban J connectivity index is 4.13. The van der Waals surface area contributed by atoms with Crippen LogP contribution < -0.4 is 0 Å². The Morgan fingerprint density at radius 2 is 1.26 bits per heavy atom. The molecule has 0 aliphatic heterocycles. The van der Waals surface area contributed by atoms with Crippen molar-refractivity contribution in [1.29, 1.82) is 0 Å². The molecule has 0 heterocycles. The maximum absolute atomic E-state index is 10.9. The molecular formula is C16H30O7. The maximum Gasteiger partial charge on any atom is 0.302 e. The van der Waals surface area contributed by atoms with Crippen molar-refractivity contribution in [2.75, 3.05) is 0 Å². The van der Waals surface area contributed by atoms with Crippen LogP contribution in [0.2, 0.25) is 0 Å². The molecule has 0 fully saturated rings. The number of hydrogen-bond donors (Lipinski definition) is 3. The maximum atomic E-state index is 10.9. The van der Waals surface area contributed by atoms with Gasteiger partial charge in [0, 0.05) is 26.7 Å². The van der Waals surface area contributed by atoms with Crippen LogP contribution in [0.15, 0.2) is 0 Å². The average molecular weight is 334 g/mol. The fraction of sp³-hybridized carbons (Fsp3) is 0.875. The molecule has 0 saturated heterocycles. The van der Waals surface area contributed by atoms with Crippen molar-refractivity contribution >= 4 is 11.9 Å². The molecule has 0 aliphatic rings. The molecule has 7 heteroatoms. The summed E-state index contributed by atoms with van der Waals surface area (Å²) in [4.78, 5) is 21.7. The summed E-state index contributed by atoms with van der Waals surface area (Å²) in [6.45, 7) is 6.11. The highest BCUT2D eigenvalue weighted by atomic mass is 16.5. The van der Waals surface area contributed by atoms with Crippen LogP contribution in [0.1, 0.15) is 59.8 Å². The first-order valence-electron chi connectivity index (χ1n) is 8.02. The minimum Gasteiger partial charge on any atom is -0.463 e. The summed E-state index contributed by atoms with van der Waals surface area (Å²) in [6, 6.07) is 0. The van der Waals surface area contributed by atoms with E-state index in [1.165, 1.54) is 13.8 Å². The summed E-state index contributed by atoms with van der Waals surface area (Å²) in [5.41, 5.74) is 0. The zero-order valence-electron chi connectivity index (χ0n) is 14.4. The van der Waals surface area contributed by atoms with Gasteiger partial charge in [0.25, 0.3) is 0 Å². The molecule has 7 nitrogen and oxygen atoms in total. The number of hydrogen-bond acceptors (Lipinski definition) is 7. The van der Waals surface area contributed by atoms with E-state index in [9.17, 15) is 24.9 Å². The Hall–Kier alpha value is -1.18. The molecule has 0 aromatic carbocycles. The Labute approximate surface area is 137 Å². The van der Waals surface area contributed by atoms with Crippen LogP contribution in [0.5, 0.6) is 0 Å². The van der Waals surface area contributed by atoms with Crippen molar-refractivity contribution in [2.24, 2.45) is 0 Å². The quantitative estimate of drug-likeness (QED) is 0.482. The van der Waals surface area contributed by atoms with Crippen LogP contribution in [-0.4, -0.2) is 57.8 Å². The van der Waals surface area contributed by atoms with E-state index in [4.69, 9.17) is 9.47 Å². The lowest BCUT2D eigenvalue weighted by Gasteiger charge is -2.23. The second-order valence-corrected chi connectivity index (χ2v) is 5.96. The molecule has 0 bridgehead atoms. The Morgan fingerprint density at radius 1 is 0.826 bits per heavy atom. The molecule has 0 radical (unpaired) electrons. The highest BCUT2D eigenvalue weighted by molar-refractivity contribution is 5.66. The van der Waals surface area contributed by atoms with E-state index in [0.29, 0.717) is 6.42 Å². The Bertz CT molecular complexity index is 358. The van der Waals surface area contributed by atoms with Gasteiger partial charge in [0.1, 0.15) is 12.2 Å². The third-order valence-corrected chi connectivity index (χ3v) is 3.38. The third-order valence-electron chi connectivity index (χ3n) is 3.38. The number of aliphatic hydroxyl groups excluding tert-OH is 3. The number of rotatable bonds is 11. The molecule has 0 amide bonds. The van der Waals surface area contributed by atoms with E-state index in [0.717, 1.165) is 0 Å². The van der Waals surface area contributed by atoms with Gasteiger partial charge in [0.2, 0.25) is 0 Å². The van der Waals surface area contributed by atoms with Crippen LogP contribution in [0.4, 0.5) is 0 Å². The molecular weight excluding hydrogens is 304 g/mol. The van der Waals surface area contributed by atoms with E-state index in [-0.39, 0.29) is 31.8 Å². The van der Waals surface area contributed by atoms with E-state index in [1.807, 2.05) is 6.92 Å². The molecule has 0 aromatic rings. The second-order valence-electron chi connectivity index (χ2n) is 5.96. The average Bonchev–Trinajstić information content (AvgIpc) is 2.34. The normalized spacial score (nSPS) is 17.7. The molecule has 0 saturated carbocycles. The fourth-order valence-corrected chi connectivity index (χ4v) is 2.47. The van der Waals surface area contributed by atoms with Crippen molar-refractivity contribution < 1.29 is 34.4 Å². The van der Waals surface area contributed by atoms with Crippen molar-refractivity contribution in [3.8, 4) is 0 Å². The van der Waals surface area contributed by atoms with Crippen molar-refractivity contribution in [3.63, 3.8) is 0 Å². The SMILES string of the molecule is CCC(CC(O)CC(O)CC(O)CC(C)OC(C)=O)OC(C)=O. The van der Waals surface area contributed by atoms with Gasteiger partial charge < -0.3 is 24.8 Å². The monoisotopic (exact) mass is 334 g/mol. The van der Waals surface area contributed by atoms with Crippen molar-refractivity contribution in [2.45, 2.75) is 90.3 Å². The minimum absolute atomic E-state index is 0.0764. The highest BCUT2D eigenvalue weighted by Crippen LogP contribution is 2.16. The Morgan fingerprint density at radius 3 is 1.70 bits per heavy atom. The first-order chi connectivity index (χ1) is 10.6. The standard InChI is InChI=1S/C16H30O7/c1-5-16(23-12(4)18)9-15(21)8-14(20)7-13(19)6-10(2)22-11(3)17/h10,13-16,19-21H,5-9H2,1-4H3. The van der Waals surface area contributed by atoms with E-state index < -0.39 is 36.4 Å². The Kier molecular flexibility index (Phi) is 10.8. The fourth-order valence-electron chi connectivity index (χ4n) is 2.47. The largest absolute Gasteiger partial charge is 0.463 e. The van der Waals surface area contributed by atoms with Crippen molar-refractivity contribution in [1.82, 2.24) is 0 Å². The number of ether oxygens (including phenoxy) is 2. The summed E-state index contributed by atoms with van der Waals surface area (Å²) in [6.07, 6.45) is -2.17. The predicted molar refractivity (Wildman–Crippen MR) is 83.6 cm³/mol. The zero-order chi connectivity index (χ0) is 18.0. The van der Waals surface area contributed by atoms with Gasteiger partial charge in [-0.25, -0.2) is 0 Å². The lowest BCUT2D eigenvalue weighted by molar-refractivity contribution is -0.148. The minimum atomic E-state index is -0.889. The van der Waals surface area contributed by atoms with Gasteiger partial charge in [-0.15, -0.1) is 0 Å². The predicted octanol–water partition coefficient (Wildman–Crippen LogP) is 0.923. The second kappa shape index (κ2) is 11.4. The van der Waals surface area contributed by atoms with Gasteiger partial charge in [-0.2, -0.15) is 0 Å². The lowest BCUT2D eigenvalue weighted by Crippen LogP contribution is -2.29. The molecule has 23 heavy (non-hydrogen) atoms. The number of carbonyl (C=O) groups is 2. The first-order valence-corrected chi connectivity index (χ1v) is 8.02. The molecule has 136 valence electrons. The van der Waals surface area contributed by atoms with Gasteiger partial charge in [-0.3, -0.25) is 9.59 Å². The lowest BCUT2D eigenvalue weighted by atomic mass is 9.98. The molecule has 3 N–H and O–H groups in total.